The van der Waals surface area contributed by atoms with Crippen molar-refractivity contribution in [3.05, 3.63) is 68.7 Å². The van der Waals surface area contributed by atoms with Crippen LogP contribution in [0.3, 0.4) is 0 Å². The lowest BCUT2D eigenvalue weighted by Crippen LogP contribution is -2.20. The quantitative estimate of drug-likeness (QED) is 0.583. The average Bonchev–Trinajstić information content (AvgIpc) is 2.61. The molecule has 0 amide bonds. The fourth-order valence-electron chi connectivity index (χ4n) is 3.68. The Kier molecular flexibility index (Phi) is 4.01. The molecule has 2 aromatic carbocycles. The summed E-state index contributed by atoms with van der Waals surface area (Å²) in [5.41, 5.74) is 5.03. The van der Waals surface area contributed by atoms with Crippen LogP contribution in [-0.4, -0.2) is 0 Å². The van der Waals surface area contributed by atoms with E-state index in [2.05, 4.69) is 50.2 Å². The van der Waals surface area contributed by atoms with Crippen molar-refractivity contribution < 1.29 is 0 Å². The molecule has 2 heteroatoms. The minimum absolute atomic E-state index is 0.267. The SMILES string of the molecule is CCC1CCc2c(sc3cc(-c4ccc(C)cc4)ccc3c2=O)C1. The molecule has 1 unspecified atom stereocenters. The Morgan fingerprint density at radius 1 is 1.08 bits per heavy atom. The van der Waals surface area contributed by atoms with Gasteiger partial charge in [0.15, 0.2) is 5.43 Å². The molecule has 0 fully saturated rings. The van der Waals surface area contributed by atoms with E-state index in [-0.39, 0.29) is 5.43 Å². The van der Waals surface area contributed by atoms with Gasteiger partial charge in [0, 0.05) is 20.5 Å². The predicted octanol–water partition coefficient (Wildman–Crippen LogP) is 5.75. The third-order valence-electron chi connectivity index (χ3n) is 5.31. The summed E-state index contributed by atoms with van der Waals surface area (Å²) in [6.45, 7) is 4.36. The Morgan fingerprint density at radius 3 is 2.58 bits per heavy atom. The van der Waals surface area contributed by atoms with Gasteiger partial charge < -0.3 is 0 Å². The maximum atomic E-state index is 12.9. The summed E-state index contributed by atoms with van der Waals surface area (Å²) in [5, 5.41) is 0.893. The van der Waals surface area contributed by atoms with E-state index in [9.17, 15) is 4.79 Å². The molecule has 1 heterocycles. The fourth-order valence-corrected chi connectivity index (χ4v) is 5.04. The highest BCUT2D eigenvalue weighted by Crippen LogP contribution is 2.33. The van der Waals surface area contributed by atoms with Crippen LogP contribution in [0.25, 0.3) is 21.2 Å². The first-order valence-electron chi connectivity index (χ1n) is 8.81. The van der Waals surface area contributed by atoms with Crippen LogP contribution < -0.4 is 5.43 Å². The van der Waals surface area contributed by atoms with Gasteiger partial charge in [-0.15, -0.1) is 11.3 Å². The number of rotatable bonds is 2. The molecule has 0 bridgehead atoms. The number of benzene rings is 2. The first-order valence-corrected chi connectivity index (χ1v) is 9.63. The van der Waals surface area contributed by atoms with Crippen molar-refractivity contribution in [2.75, 3.05) is 0 Å². The van der Waals surface area contributed by atoms with Gasteiger partial charge in [-0.05, 0) is 55.4 Å². The van der Waals surface area contributed by atoms with E-state index in [0.29, 0.717) is 0 Å². The third-order valence-corrected chi connectivity index (χ3v) is 6.53. The second-order valence-electron chi connectivity index (χ2n) is 6.93. The number of fused-ring (bicyclic) bond motifs is 2. The van der Waals surface area contributed by atoms with Crippen LogP contribution in [0.1, 0.15) is 35.8 Å². The van der Waals surface area contributed by atoms with Gasteiger partial charge in [-0.3, -0.25) is 4.79 Å². The lowest BCUT2D eigenvalue weighted by Gasteiger charge is -2.22. The second kappa shape index (κ2) is 6.18. The van der Waals surface area contributed by atoms with Gasteiger partial charge in [0.05, 0.1) is 0 Å². The third kappa shape index (κ3) is 2.69. The summed E-state index contributed by atoms with van der Waals surface area (Å²) in [7, 11) is 0. The summed E-state index contributed by atoms with van der Waals surface area (Å²) in [4.78, 5) is 14.2. The van der Waals surface area contributed by atoms with Crippen molar-refractivity contribution in [3.63, 3.8) is 0 Å². The molecule has 24 heavy (non-hydrogen) atoms. The van der Waals surface area contributed by atoms with Crippen LogP contribution in [0.5, 0.6) is 0 Å². The maximum absolute atomic E-state index is 12.9. The zero-order chi connectivity index (χ0) is 16.7. The van der Waals surface area contributed by atoms with E-state index >= 15 is 0 Å². The van der Waals surface area contributed by atoms with Crippen LogP contribution in [-0.2, 0) is 12.8 Å². The van der Waals surface area contributed by atoms with Gasteiger partial charge in [-0.2, -0.15) is 0 Å². The van der Waals surface area contributed by atoms with E-state index in [1.54, 1.807) is 0 Å². The van der Waals surface area contributed by atoms with Gasteiger partial charge in [0.2, 0.25) is 0 Å². The lowest BCUT2D eigenvalue weighted by molar-refractivity contribution is 0.448. The molecule has 1 atom stereocenters. The first kappa shape index (κ1) is 15.6. The Balaban J connectivity index is 1.85. The molecule has 4 rings (SSSR count). The summed E-state index contributed by atoms with van der Waals surface area (Å²) < 4.78 is 1.13. The smallest absolute Gasteiger partial charge is 0.191 e. The Morgan fingerprint density at radius 2 is 1.83 bits per heavy atom. The molecule has 1 nitrogen and oxygen atoms in total. The fraction of sp³-hybridized carbons (Fsp3) is 0.318. The van der Waals surface area contributed by atoms with Crippen molar-refractivity contribution in [2.45, 2.75) is 39.5 Å². The number of hydrogen-bond acceptors (Lipinski definition) is 2. The van der Waals surface area contributed by atoms with Crippen LogP contribution in [0, 0.1) is 12.8 Å². The monoisotopic (exact) mass is 334 g/mol. The average molecular weight is 334 g/mol. The molecule has 3 aromatic rings. The topological polar surface area (TPSA) is 17.1 Å². The molecule has 0 spiro atoms. The molecule has 0 N–H and O–H groups in total. The molecule has 0 saturated carbocycles. The van der Waals surface area contributed by atoms with Crippen molar-refractivity contribution >= 4 is 21.4 Å². The lowest BCUT2D eigenvalue weighted by atomic mass is 9.86. The van der Waals surface area contributed by atoms with Gasteiger partial charge in [-0.25, -0.2) is 0 Å². The molecule has 122 valence electrons. The van der Waals surface area contributed by atoms with Crippen molar-refractivity contribution in [3.8, 4) is 11.1 Å². The van der Waals surface area contributed by atoms with Gasteiger partial charge >= 0.3 is 0 Å². The van der Waals surface area contributed by atoms with Crippen LogP contribution >= 0.6 is 11.3 Å². The van der Waals surface area contributed by atoms with E-state index in [1.165, 1.54) is 34.4 Å². The van der Waals surface area contributed by atoms with Crippen molar-refractivity contribution in [1.29, 1.82) is 0 Å². The summed E-state index contributed by atoms with van der Waals surface area (Å²) in [5.74, 6) is 0.742. The van der Waals surface area contributed by atoms with Gasteiger partial charge in [0.25, 0.3) is 0 Å². The molecular weight excluding hydrogens is 312 g/mol. The Labute approximate surface area is 147 Å². The summed E-state index contributed by atoms with van der Waals surface area (Å²) in [6.07, 6.45) is 4.41. The Bertz CT molecular complexity index is 950. The summed E-state index contributed by atoms with van der Waals surface area (Å²) >= 11 is 1.83. The molecule has 0 radical (unpaired) electrons. The van der Waals surface area contributed by atoms with Crippen molar-refractivity contribution in [2.24, 2.45) is 5.92 Å². The standard InChI is InChI=1S/C22H22OS/c1-3-15-6-10-18-20(12-15)24-21-13-17(9-11-19(21)22(18)23)16-7-4-14(2)5-8-16/h4-5,7-9,11,13,15H,3,6,10,12H2,1-2H3. The van der Waals surface area contributed by atoms with E-state index in [0.717, 1.165) is 34.4 Å². The van der Waals surface area contributed by atoms with Crippen LogP contribution in [0.15, 0.2) is 47.3 Å². The maximum Gasteiger partial charge on any atom is 0.191 e. The first-order chi connectivity index (χ1) is 11.7. The molecular formula is C22H22OS. The highest BCUT2D eigenvalue weighted by molar-refractivity contribution is 7.18. The molecule has 1 aliphatic carbocycles. The zero-order valence-electron chi connectivity index (χ0n) is 14.3. The largest absolute Gasteiger partial charge is 0.289 e. The number of aryl methyl sites for hydroxylation is 1. The minimum atomic E-state index is 0.267. The number of hydrogen-bond donors (Lipinski definition) is 0. The highest BCUT2D eigenvalue weighted by Gasteiger charge is 2.21. The highest BCUT2D eigenvalue weighted by atomic mass is 32.1. The van der Waals surface area contributed by atoms with E-state index in [1.807, 2.05) is 17.4 Å². The summed E-state index contributed by atoms with van der Waals surface area (Å²) in [6, 6.07) is 14.9. The molecule has 1 aromatic heterocycles. The van der Waals surface area contributed by atoms with Crippen molar-refractivity contribution in [1.82, 2.24) is 0 Å². The normalized spacial score (nSPS) is 17.0. The second-order valence-corrected chi connectivity index (χ2v) is 8.06. The Hall–Kier alpha value is -1.93. The predicted molar refractivity (Wildman–Crippen MR) is 104 cm³/mol. The zero-order valence-corrected chi connectivity index (χ0v) is 15.1. The van der Waals surface area contributed by atoms with Gasteiger partial charge in [-0.1, -0.05) is 49.2 Å². The molecule has 1 aliphatic rings. The van der Waals surface area contributed by atoms with Gasteiger partial charge in [0.1, 0.15) is 0 Å². The molecule has 0 aliphatic heterocycles. The van der Waals surface area contributed by atoms with E-state index in [4.69, 9.17) is 0 Å². The van der Waals surface area contributed by atoms with Crippen LogP contribution in [0.4, 0.5) is 0 Å². The molecule has 0 saturated heterocycles. The van der Waals surface area contributed by atoms with E-state index < -0.39 is 0 Å². The van der Waals surface area contributed by atoms with Crippen LogP contribution in [0.2, 0.25) is 0 Å². The minimum Gasteiger partial charge on any atom is -0.289 e.